The Bertz CT molecular complexity index is 764. The molecule has 0 amide bonds. The summed E-state index contributed by atoms with van der Waals surface area (Å²) < 4.78 is 6.26. The van der Waals surface area contributed by atoms with E-state index in [4.69, 9.17) is 10.5 Å². The maximum absolute atomic E-state index is 12.1. The third-order valence-corrected chi connectivity index (χ3v) is 7.81. The molecule has 5 nitrogen and oxygen atoms in total. The van der Waals surface area contributed by atoms with Crippen molar-refractivity contribution in [2.45, 2.75) is 67.7 Å². The Morgan fingerprint density at radius 3 is 2.88 bits per heavy atom. The number of nitrogens with zero attached hydrogens (tertiary/aromatic N) is 1. The topological polar surface area (TPSA) is 79.0 Å². The number of hydrogen-bond donors (Lipinski definition) is 3. The predicted octanol–water partition coefficient (Wildman–Crippen LogP) is 1.28. The zero-order valence-corrected chi connectivity index (χ0v) is 14.4. The van der Waals surface area contributed by atoms with E-state index in [2.05, 4.69) is 4.90 Å². The van der Waals surface area contributed by atoms with E-state index in [1.54, 1.807) is 6.07 Å². The molecule has 1 saturated heterocycles. The molecule has 1 aromatic carbocycles. The average molecular weight is 342 g/mol. The van der Waals surface area contributed by atoms with Gasteiger partial charge in [-0.2, -0.15) is 0 Å². The predicted molar refractivity (Wildman–Crippen MR) is 92.8 cm³/mol. The lowest BCUT2D eigenvalue weighted by Gasteiger charge is -2.64. The first-order chi connectivity index (χ1) is 12.0. The molecule has 1 spiro atoms. The van der Waals surface area contributed by atoms with Gasteiger partial charge in [0.2, 0.25) is 0 Å². The van der Waals surface area contributed by atoms with E-state index in [1.165, 1.54) is 18.4 Å². The maximum atomic E-state index is 12.1. The van der Waals surface area contributed by atoms with Crippen LogP contribution in [0.4, 0.5) is 0 Å². The number of phenolic OH excluding ortho intramolecular Hbond substituents is 1. The lowest BCUT2D eigenvalue weighted by Crippen LogP contribution is -2.77. The Hall–Kier alpha value is -1.30. The molecular weight excluding hydrogens is 316 g/mol. The van der Waals surface area contributed by atoms with Crippen LogP contribution in [0.3, 0.4) is 0 Å². The second-order valence-electron chi connectivity index (χ2n) is 8.99. The van der Waals surface area contributed by atoms with E-state index in [0.29, 0.717) is 5.75 Å². The minimum atomic E-state index is -0.799. The number of aliphatic hydroxyl groups is 1. The van der Waals surface area contributed by atoms with Gasteiger partial charge in [-0.15, -0.1) is 0 Å². The first-order valence-corrected chi connectivity index (χ1v) is 9.78. The molecule has 3 aliphatic carbocycles. The average Bonchev–Trinajstić information content (AvgIpc) is 3.32. The van der Waals surface area contributed by atoms with Crippen LogP contribution in [0.25, 0.3) is 0 Å². The highest BCUT2D eigenvalue weighted by Crippen LogP contribution is 2.65. The number of ether oxygens (including phenoxy) is 1. The Labute approximate surface area is 147 Å². The van der Waals surface area contributed by atoms with E-state index >= 15 is 0 Å². The SMILES string of the molecule is N[C@@H]1CC[C@@]2(O)C3Cc4ccc(O)c5c4[C@@]2(CCN3CC2CC2)C1O5. The molecule has 5 heteroatoms. The van der Waals surface area contributed by atoms with Crippen LogP contribution in [0.15, 0.2) is 12.1 Å². The second kappa shape index (κ2) is 4.51. The van der Waals surface area contributed by atoms with Gasteiger partial charge < -0.3 is 20.7 Å². The van der Waals surface area contributed by atoms with Crippen LogP contribution in [0.5, 0.6) is 11.5 Å². The van der Waals surface area contributed by atoms with E-state index in [0.717, 1.165) is 50.3 Å². The Morgan fingerprint density at radius 1 is 1.24 bits per heavy atom. The van der Waals surface area contributed by atoms with Gasteiger partial charge >= 0.3 is 0 Å². The summed E-state index contributed by atoms with van der Waals surface area (Å²) in [5, 5.41) is 22.5. The van der Waals surface area contributed by atoms with Crippen LogP contribution >= 0.6 is 0 Å². The number of benzene rings is 1. The smallest absolute Gasteiger partial charge is 0.165 e. The molecule has 5 aliphatic rings. The van der Waals surface area contributed by atoms with Gasteiger partial charge in [-0.1, -0.05) is 6.07 Å². The molecule has 4 N–H and O–H groups in total. The molecule has 0 aromatic heterocycles. The summed E-state index contributed by atoms with van der Waals surface area (Å²) in [6.07, 6.45) is 5.66. The van der Waals surface area contributed by atoms with Crippen molar-refractivity contribution < 1.29 is 14.9 Å². The van der Waals surface area contributed by atoms with Gasteiger partial charge in [0.05, 0.1) is 11.0 Å². The third-order valence-electron chi connectivity index (χ3n) is 7.81. The molecule has 2 unspecified atom stereocenters. The van der Waals surface area contributed by atoms with E-state index in [1.807, 2.05) is 6.07 Å². The number of piperidine rings is 1. The van der Waals surface area contributed by atoms with Gasteiger partial charge in [0.1, 0.15) is 6.10 Å². The van der Waals surface area contributed by atoms with Gasteiger partial charge in [0.15, 0.2) is 11.5 Å². The standard InChI is InChI=1S/C20H26N2O3/c21-13-5-6-20(24)15-9-12-3-4-14(23)17-16(12)19(20,18(13)25-17)7-8-22(15)10-11-1-2-11/h3-4,11,13,15,18,23-24H,1-2,5-10,21H2/t13-,15?,18?,19+,20-/m1/s1. The van der Waals surface area contributed by atoms with Crippen LogP contribution in [0, 0.1) is 5.92 Å². The number of rotatable bonds is 2. The minimum absolute atomic E-state index is 0.0892. The zero-order valence-electron chi connectivity index (χ0n) is 14.4. The summed E-state index contributed by atoms with van der Waals surface area (Å²) in [7, 11) is 0. The van der Waals surface area contributed by atoms with E-state index in [9.17, 15) is 10.2 Å². The number of phenols is 1. The van der Waals surface area contributed by atoms with Crippen LogP contribution in [0.1, 0.15) is 43.2 Å². The van der Waals surface area contributed by atoms with Crippen molar-refractivity contribution in [1.82, 2.24) is 4.90 Å². The lowest BCUT2D eigenvalue weighted by atomic mass is 9.48. The summed E-state index contributed by atoms with van der Waals surface area (Å²) >= 11 is 0. The second-order valence-corrected chi connectivity index (χ2v) is 8.99. The van der Waals surface area contributed by atoms with Crippen LogP contribution in [-0.4, -0.2) is 52.0 Å². The van der Waals surface area contributed by atoms with Crippen molar-refractivity contribution in [2.24, 2.45) is 11.7 Å². The van der Waals surface area contributed by atoms with E-state index in [-0.39, 0.29) is 23.9 Å². The first-order valence-electron chi connectivity index (χ1n) is 9.78. The lowest BCUT2D eigenvalue weighted by molar-refractivity contribution is -0.189. The summed E-state index contributed by atoms with van der Waals surface area (Å²) in [6, 6.07) is 3.84. The highest BCUT2D eigenvalue weighted by Gasteiger charge is 2.72. The Balaban J connectivity index is 1.57. The van der Waals surface area contributed by atoms with E-state index < -0.39 is 11.0 Å². The zero-order chi connectivity index (χ0) is 17.0. The number of hydrogen-bond acceptors (Lipinski definition) is 5. The fraction of sp³-hybridized carbons (Fsp3) is 0.700. The summed E-state index contributed by atoms with van der Waals surface area (Å²) in [5.74, 6) is 1.60. The highest BCUT2D eigenvalue weighted by atomic mass is 16.5. The van der Waals surface area contributed by atoms with Crippen LogP contribution in [0.2, 0.25) is 0 Å². The minimum Gasteiger partial charge on any atom is -0.504 e. The monoisotopic (exact) mass is 342 g/mol. The van der Waals surface area contributed by atoms with Gasteiger partial charge in [0, 0.05) is 24.2 Å². The number of likely N-dealkylation sites (tertiary alicyclic amines) is 1. The molecular formula is C20H26N2O3. The molecule has 2 aliphatic heterocycles. The molecule has 25 heavy (non-hydrogen) atoms. The molecule has 2 bridgehead atoms. The highest BCUT2D eigenvalue weighted by molar-refractivity contribution is 5.62. The first kappa shape index (κ1) is 14.8. The molecule has 5 atom stereocenters. The summed E-state index contributed by atoms with van der Waals surface area (Å²) in [5.41, 5.74) is 7.53. The maximum Gasteiger partial charge on any atom is 0.165 e. The molecule has 1 aromatic rings. The molecule has 134 valence electrons. The normalized spacial score (nSPS) is 44.3. The van der Waals surface area contributed by atoms with Gasteiger partial charge in [-0.05, 0) is 62.6 Å². The van der Waals surface area contributed by atoms with Crippen molar-refractivity contribution in [1.29, 1.82) is 0 Å². The molecule has 3 fully saturated rings. The fourth-order valence-corrected chi connectivity index (χ4v) is 6.52. The number of aromatic hydroxyl groups is 1. The van der Waals surface area contributed by atoms with Gasteiger partial charge in [-0.25, -0.2) is 0 Å². The summed E-state index contributed by atoms with van der Waals surface area (Å²) in [6.45, 7) is 2.10. The van der Waals surface area contributed by atoms with Gasteiger partial charge in [0.25, 0.3) is 0 Å². The quantitative estimate of drug-likeness (QED) is 0.755. The van der Waals surface area contributed by atoms with Gasteiger partial charge in [-0.3, -0.25) is 4.90 Å². The largest absolute Gasteiger partial charge is 0.504 e. The third kappa shape index (κ3) is 1.61. The van der Waals surface area contributed by atoms with Crippen molar-refractivity contribution in [3.05, 3.63) is 23.3 Å². The van der Waals surface area contributed by atoms with Crippen LogP contribution in [-0.2, 0) is 11.8 Å². The molecule has 0 radical (unpaired) electrons. The Kier molecular flexibility index (Phi) is 2.67. The number of nitrogens with two attached hydrogens (primary N) is 1. The van der Waals surface area contributed by atoms with Crippen molar-refractivity contribution >= 4 is 0 Å². The van der Waals surface area contributed by atoms with Crippen molar-refractivity contribution in [3.8, 4) is 11.5 Å². The Morgan fingerprint density at radius 2 is 2.08 bits per heavy atom. The molecule has 2 heterocycles. The fourth-order valence-electron chi connectivity index (χ4n) is 6.52. The molecule has 2 saturated carbocycles. The van der Waals surface area contributed by atoms with Crippen molar-refractivity contribution in [3.63, 3.8) is 0 Å². The van der Waals surface area contributed by atoms with Crippen LogP contribution < -0.4 is 10.5 Å². The summed E-state index contributed by atoms with van der Waals surface area (Å²) in [4.78, 5) is 2.55. The molecule has 6 rings (SSSR count). The van der Waals surface area contributed by atoms with Crippen molar-refractivity contribution in [2.75, 3.05) is 13.1 Å².